The van der Waals surface area contributed by atoms with Crippen LogP contribution in [-0.2, 0) is 0 Å². The number of hydrogen-bond acceptors (Lipinski definition) is 2. The maximum absolute atomic E-state index is 11.6. The highest BCUT2D eigenvalue weighted by atomic mass is 35.5. The molecular weight excluding hydrogens is 286 g/mol. The molecule has 106 valence electrons. The first-order valence-corrected chi connectivity index (χ1v) is 6.94. The lowest BCUT2D eigenvalue weighted by Crippen LogP contribution is -1.90. The third kappa shape index (κ3) is 2.10. The molecule has 0 unspecified atom stereocenters. The van der Waals surface area contributed by atoms with Gasteiger partial charge in [-0.05, 0) is 30.7 Å². The zero-order valence-electron chi connectivity index (χ0n) is 11.7. The summed E-state index contributed by atoms with van der Waals surface area (Å²) in [6.45, 7) is 1.93. The molecule has 0 atom stereocenters. The van der Waals surface area contributed by atoms with Gasteiger partial charge in [-0.15, -0.1) is 0 Å². The Morgan fingerprint density at radius 2 is 1.95 bits per heavy atom. The van der Waals surface area contributed by atoms with E-state index in [1.165, 1.54) is 0 Å². The second-order valence-corrected chi connectivity index (χ2v) is 5.23. The van der Waals surface area contributed by atoms with Crippen molar-refractivity contribution in [2.24, 2.45) is 0 Å². The molecule has 21 heavy (non-hydrogen) atoms. The molecule has 0 saturated heterocycles. The number of para-hydroxylation sites is 1. The molecule has 1 aromatic heterocycles. The van der Waals surface area contributed by atoms with Crippen LogP contribution in [0.1, 0.15) is 15.9 Å². The van der Waals surface area contributed by atoms with Crippen LogP contribution >= 0.6 is 11.6 Å². The minimum absolute atomic E-state index is 0.620. The number of halogens is 1. The summed E-state index contributed by atoms with van der Waals surface area (Å²) >= 11 is 6.16. The number of carbonyl (C=O) groups is 1. The molecule has 0 fully saturated rings. The minimum atomic E-state index is 0.620. The van der Waals surface area contributed by atoms with Crippen molar-refractivity contribution in [1.82, 2.24) is 4.98 Å². The average molecular weight is 300 g/mol. The lowest BCUT2D eigenvalue weighted by atomic mass is 10.0. The van der Waals surface area contributed by atoms with Gasteiger partial charge in [0.25, 0.3) is 0 Å². The highest BCUT2D eigenvalue weighted by molar-refractivity contribution is 6.32. The molecule has 0 aliphatic rings. The van der Waals surface area contributed by atoms with Gasteiger partial charge in [-0.25, -0.2) is 0 Å². The SMILES string of the molecule is COc1ccccc1-c1[nH]c2c(C)c(Cl)ccc2c1C=O. The third-order valence-corrected chi connectivity index (χ3v) is 4.11. The van der Waals surface area contributed by atoms with E-state index in [4.69, 9.17) is 16.3 Å². The zero-order chi connectivity index (χ0) is 15.0. The van der Waals surface area contributed by atoms with Gasteiger partial charge in [-0.1, -0.05) is 29.8 Å². The largest absolute Gasteiger partial charge is 0.496 e. The van der Waals surface area contributed by atoms with Crippen LogP contribution in [0.15, 0.2) is 36.4 Å². The Labute approximate surface area is 127 Å². The van der Waals surface area contributed by atoms with E-state index in [1.54, 1.807) is 7.11 Å². The van der Waals surface area contributed by atoms with Crippen molar-refractivity contribution in [3.8, 4) is 17.0 Å². The number of hydrogen-bond donors (Lipinski definition) is 1. The van der Waals surface area contributed by atoms with Crippen LogP contribution in [0.4, 0.5) is 0 Å². The minimum Gasteiger partial charge on any atom is -0.496 e. The maximum Gasteiger partial charge on any atom is 0.152 e. The molecule has 1 heterocycles. The van der Waals surface area contributed by atoms with Crippen LogP contribution in [0.2, 0.25) is 5.02 Å². The number of aromatic amines is 1. The molecule has 3 nitrogen and oxygen atoms in total. The van der Waals surface area contributed by atoms with Crippen LogP contribution in [0.25, 0.3) is 22.2 Å². The highest BCUT2D eigenvalue weighted by Gasteiger charge is 2.17. The maximum atomic E-state index is 11.6. The van der Waals surface area contributed by atoms with Gasteiger partial charge in [0.2, 0.25) is 0 Å². The van der Waals surface area contributed by atoms with Gasteiger partial charge in [-0.2, -0.15) is 0 Å². The molecule has 4 heteroatoms. The summed E-state index contributed by atoms with van der Waals surface area (Å²) in [5.74, 6) is 0.718. The number of aromatic nitrogens is 1. The van der Waals surface area contributed by atoms with E-state index in [9.17, 15) is 4.79 Å². The number of benzene rings is 2. The van der Waals surface area contributed by atoms with Gasteiger partial charge >= 0.3 is 0 Å². The summed E-state index contributed by atoms with van der Waals surface area (Å²) in [5, 5.41) is 1.54. The molecular formula is C17H14ClNO2. The fraction of sp³-hybridized carbons (Fsp3) is 0.118. The molecule has 0 radical (unpaired) electrons. The highest BCUT2D eigenvalue weighted by Crippen LogP contribution is 2.36. The lowest BCUT2D eigenvalue weighted by molar-refractivity contribution is 0.112. The second kappa shape index (κ2) is 5.26. The zero-order valence-corrected chi connectivity index (χ0v) is 12.5. The van der Waals surface area contributed by atoms with Crippen molar-refractivity contribution >= 4 is 28.8 Å². The second-order valence-electron chi connectivity index (χ2n) is 4.83. The Kier molecular flexibility index (Phi) is 3.43. The molecule has 3 rings (SSSR count). The van der Waals surface area contributed by atoms with E-state index in [1.807, 2.05) is 43.3 Å². The summed E-state index contributed by atoms with van der Waals surface area (Å²) in [7, 11) is 1.62. The number of carbonyl (C=O) groups excluding carboxylic acids is 1. The number of nitrogens with one attached hydrogen (secondary N) is 1. The Morgan fingerprint density at radius 3 is 2.67 bits per heavy atom. The van der Waals surface area contributed by atoms with Crippen molar-refractivity contribution in [2.45, 2.75) is 6.92 Å². The Balaban J connectivity index is 2.38. The molecule has 2 aromatic carbocycles. The van der Waals surface area contributed by atoms with E-state index in [-0.39, 0.29) is 0 Å². The van der Waals surface area contributed by atoms with Crippen LogP contribution in [0.5, 0.6) is 5.75 Å². The number of ether oxygens (including phenoxy) is 1. The van der Waals surface area contributed by atoms with Gasteiger partial charge in [0, 0.05) is 21.5 Å². The number of rotatable bonds is 3. The van der Waals surface area contributed by atoms with Gasteiger partial charge in [-0.3, -0.25) is 4.79 Å². The topological polar surface area (TPSA) is 42.1 Å². The number of aldehydes is 1. The van der Waals surface area contributed by atoms with E-state index >= 15 is 0 Å². The number of aryl methyl sites for hydroxylation is 1. The van der Waals surface area contributed by atoms with Gasteiger partial charge < -0.3 is 9.72 Å². The molecule has 0 amide bonds. The van der Waals surface area contributed by atoms with Crippen LogP contribution in [0.3, 0.4) is 0 Å². The summed E-state index contributed by atoms with van der Waals surface area (Å²) in [6.07, 6.45) is 0.869. The third-order valence-electron chi connectivity index (χ3n) is 3.70. The van der Waals surface area contributed by atoms with E-state index in [0.29, 0.717) is 10.6 Å². The van der Waals surface area contributed by atoms with Crippen LogP contribution in [-0.4, -0.2) is 18.4 Å². The Morgan fingerprint density at radius 1 is 1.19 bits per heavy atom. The fourth-order valence-corrected chi connectivity index (χ4v) is 2.74. The summed E-state index contributed by atoms with van der Waals surface area (Å²) in [4.78, 5) is 14.9. The molecule has 0 spiro atoms. The summed E-state index contributed by atoms with van der Waals surface area (Å²) in [5.41, 5.74) is 4.04. The quantitative estimate of drug-likeness (QED) is 0.717. The van der Waals surface area contributed by atoms with Crippen molar-refractivity contribution in [3.05, 3.63) is 52.5 Å². The van der Waals surface area contributed by atoms with E-state index < -0.39 is 0 Å². The van der Waals surface area contributed by atoms with Crippen molar-refractivity contribution in [2.75, 3.05) is 7.11 Å². The average Bonchev–Trinajstić information content (AvgIpc) is 2.90. The normalized spacial score (nSPS) is 10.8. The number of H-pyrrole nitrogens is 1. The van der Waals surface area contributed by atoms with Gasteiger partial charge in [0.05, 0.1) is 18.3 Å². The molecule has 0 aliphatic heterocycles. The predicted molar refractivity (Wildman–Crippen MR) is 85.4 cm³/mol. The van der Waals surface area contributed by atoms with Crippen LogP contribution < -0.4 is 4.74 Å². The number of methoxy groups -OCH3 is 1. The summed E-state index contributed by atoms with van der Waals surface area (Å²) < 4.78 is 5.39. The van der Waals surface area contributed by atoms with Gasteiger partial charge in [0.1, 0.15) is 5.75 Å². The Bertz CT molecular complexity index is 836. The monoisotopic (exact) mass is 299 g/mol. The van der Waals surface area contributed by atoms with Crippen LogP contribution in [0, 0.1) is 6.92 Å². The molecule has 3 aromatic rings. The van der Waals surface area contributed by atoms with E-state index in [2.05, 4.69) is 4.98 Å². The first-order valence-electron chi connectivity index (χ1n) is 6.56. The van der Waals surface area contributed by atoms with Crippen molar-refractivity contribution < 1.29 is 9.53 Å². The van der Waals surface area contributed by atoms with Crippen molar-refractivity contribution in [1.29, 1.82) is 0 Å². The molecule has 0 saturated carbocycles. The Hall–Kier alpha value is -2.26. The van der Waals surface area contributed by atoms with Gasteiger partial charge in [0.15, 0.2) is 6.29 Å². The predicted octanol–water partition coefficient (Wildman–Crippen LogP) is 4.62. The molecule has 0 aliphatic carbocycles. The molecule has 1 N–H and O–H groups in total. The lowest BCUT2D eigenvalue weighted by Gasteiger charge is -2.07. The fourth-order valence-electron chi connectivity index (χ4n) is 2.58. The first kappa shape index (κ1) is 13.7. The smallest absolute Gasteiger partial charge is 0.152 e. The summed E-state index contributed by atoms with van der Waals surface area (Å²) in [6, 6.07) is 11.3. The van der Waals surface area contributed by atoms with E-state index in [0.717, 1.165) is 39.8 Å². The standard InChI is InChI=1S/C17H14ClNO2/c1-10-14(18)8-7-11-13(9-20)17(19-16(10)11)12-5-3-4-6-15(12)21-2/h3-9,19H,1-2H3. The molecule has 0 bridgehead atoms. The first-order chi connectivity index (χ1) is 10.2. The number of fused-ring (bicyclic) bond motifs is 1. The van der Waals surface area contributed by atoms with Crippen molar-refractivity contribution in [3.63, 3.8) is 0 Å².